The molecule has 0 amide bonds. The summed E-state index contributed by atoms with van der Waals surface area (Å²) in [5.41, 5.74) is 1.83. The Morgan fingerprint density at radius 2 is 0.732 bits per heavy atom. The van der Waals surface area contributed by atoms with Crippen molar-refractivity contribution < 1.29 is 135 Å². The van der Waals surface area contributed by atoms with Gasteiger partial charge in [-0.05, 0) is 102 Å². The van der Waals surface area contributed by atoms with Crippen LogP contribution in [0.1, 0.15) is 134 Å². The molecular weight excluding hydrogens is 1750 g/mol. The molecule has 5 atom stereocenters. The van der Waals surface area contributed by atoms with Crippen LogP contribution in [0.15, 0.2) is 122 Å². The van der Waals surface area contributed by atoms with Gasteiger partial charge in [-0.3, -0.25) is 28.8 Å². The van der Waals surface area contributed by atoms with E-state index < -0.39 is 82.1 Å². The third-order valence-corrected chi connectivity index (χ3v) is 23.1. The maximum atomic E-state index is 12.8. The third kappa shape index (κ3) is 48.4. The van der Waals surface area contributed by atoms with Crippen molar-refractivity contribution >= 4 is 156 Å². The molecule has 2 aliphatic heterocycles. The number of carbonyl (C=O) groups is 10. The van der Waals surface area contributed by atoms with Gasteiger partial charge in [-0.2, -0.15) is 84.9 Å². The summed E-state index contributed by atoms with van der Waals surface area (Å²) in [5, 5.41) is 20.5. The number of aliphatic hydroxyl groups excluding tert-OH is 2. The van der Waals surface area contributed by atoms with E-state index in [-0.39, 0.29) is 127 Å². The van der Waals surface area contributed by atoms with Crippen LogP contribution < -0.4 is 18.9 Å². The number of aliphatic hydroxyl groups is 2. The minimum absolute atomic E-state index is 0.00157. The van der Waals surface area contributed by atoms with Gasteiger partial charge in [0, 0.05) is 81.2 Å². The topological polar surface area (TPSA) is 365 Å². The predicted molar refractivity (Wildman–Crippen MR) is 488 cm³/mol. The van der Waals surface area contributed by atoms with E-state index in [2.05, 4.69) is 123 Å². The number of carbonyl (C=O) groups excluding carboxylic acids is 10. The number of rotatable bonds is 57. The van der Waals surface area contributed by atoms with Crippen LogP contribution in [0.3, 0.4) is 0 Å². The van der Waals surface area contributed by atoms with Crippen LogP contribution in [-0.2, 0) is 116 Å². The van der Waals surface area contributed by atoms with E-state index in [0.29, 0.717) is 95.8 Å². The third-order valence-electron chi connectivity index (χ3n) is 18.4. The molecule has 36 heteroatoms. The van der Waals surface area contributed by atoms with Crippen molar-refractivity contribution in [3.05, 3.63) is 145 Å². The molecule has 2 heterocycles. The van der Waals surface area contributed by atoms with Crippen LogP contribution in [0.25, 0.3) is 0 Å². The standard InChI is InChI=1S/C45H66O14S5.C21H24O4.C15H26O6S3.C6H6O4/c1-7-45(30-55-38(47)17-23-60-4,31-56-39(48)19-25-63-26-20-42(51)59-58-41(50)18-24-61-5)32-57-40(49)21-27-64-43(52)16-22-53-36-12-8-33(9-13-36)44(2,3)34-10-14-37(15-11-34)54-28-35(46)29-62-6;1-21(2,15-3-7-17(8-4-15)22-11-19-13-24-19)16-5-9-18(10-6-16)23-12-20-14-25-20;1-2-15(9-19-12(16)3-6-22,10-20-13(17)4-7-23)11-21-14(18)5-8-24;1-3-5(7)9-10-6(8)4-2/h8-15,35,43,46,52H,7,16-32H2,1-6H3;3-10,19-20H,11-14H2,1-2H3;22-24H,2-11H2,1H3;3-4H,1-2H2. The summed E-state index contributed by atoms with van der Waals surface area (Å²) in [6.07, 6.45) is 9.63. The molecule has 686 valence electrons. The minimum atomic E-state index is -0.970. The lowest BCUT2D eigenvalue weighted by atomic mass is 9.78. The fourth-order valence-corrected chi connectivity index (χ4v) is 13.5. The van der Waals surface area contributed by atoms with E-state index in [1.807, 2.05) is 105 Å². The monoisotopic (exact) mass is 1870 g/mol. The highest BCUT2D eigenvalue weighted by molar-refractivity contribution is 8.00. The van der Waals surface area contributed by atoms with Gasteiger partial charge in [0.1, 0.15) is 100 Å². The first-order valence-corrected chi connectivity index (χ1v) is 48.2. The number of hydrogen-bond donors (Lipinski definition) is 5. The second kappa shape index (κ2) is 62.9. The van der Waals surface area contributed by atoms with Crippen LogP contribution in [-0.4, -0.2) is 243 Å². The second-order valence-corrected chi connectivity index (χ2v) is 35.6. The van der Waals surface area contributed by atoms with E-state index in [4.69, 9.17) is 56.8 Å². The Morgan fingerprint density at radius 3 is 1.04 bits per heavy atom. The lowest BCUT2D eigenvalue weighted by Gasteiger charge is -2.31. The Morgan fingerprint density at radius 1 is 0.431 bits per heavy atom. The first-order valence-electron chi connectivity index (χ1n) is 39.9. The molecule has 0 saturated carbocycles. The molecule has 0 bridgehead atoms. The smallest absolute Gasteiger partial charge is 0.378 e. The lowest BCUT2D eigenvalue weighted by Crippen LogP contribution is -2.39. The Labute approximate surface area is 760 Å². The first kappa shape index (κ1) is 110. The van der Waals surface area contributed by atoms with Crippen LogP contribution >= 0.6 is 96.7 Å². The van der Waals surface area contributed by atoms with Gasteiger partial charge < -0.3 is 67.1 Å². The minimum Gasteiger partial charge on any atom is -0.493 e. The Balaban J connectivity index is 0.000000531. The summed E-state index contributed by atoms with van der Waals surface area (Å²) < 4.78 is 65.8. The number of esters is 6. The van der Waals surface area contributed by atoms with E-state index in [1.54, 1.807) is 11.8 Å². The Kier molecular flexibility index (Phi) is 56.3. The first-order chi connectivity index (χ1) is 58.9. The SMILES string of the molecule is C=CC(=O)OOC(=O)C=C.CC(C)(c1ccc(OCC2CO2)cc1)c1ccc(OCC2CO2)cc1.CCC(COC(=O)CCS)(COC(=O)CCS)COC(=O)CCS.CCC(COC(=O)CCSC)(COC(=O)CCSCCC(=O)OOC(=O)CCSC)COC(=O)CCSC(O)CCOc1ccc(C(C)(C)c2ccc(OCC(O)CSC)cc2)cc1. The number of thiol groups is 3. The van der Waals surface area contributed by atoms with E-state index in [0.717, 1.165) is 48.0 Å². The molecule has 0 aromatic heterocycles. The summed E-state index contributed by atoms with van der Waals surface area (Å²) in [6.45, 7) is 21.6. The lowest BCUT2D eigenvalue weighted by molar-refractivity contribution is -0.258. The fourth-order valence-electron chi connectivity index (χ4n) is 10.1. The molecule has 28 nitrogen and oxygen atoms in total. The molecule has 0 spiro atoms. The molecule has 123 heavy (non-hydrogen) atoms. The van der Waals surface area contributed by atoms with Crippen molar-refractivity contribution in [3.63, 3.8) is 0 Å². The zero-order valence-electron chi connectivity index (χ0n) is 71.6. The molecule has 2 saturated heterocycles. The number of ether oxygens (including phenoxy) is 12. The van der Waals surface area contributed by atoms with E-state index in [9.17, 15) is 58.2 Å². The number of epoxide rings is 2. The van der Waals surface area contributed by atoms with Gasteiger partial charge in [-0.15, -0.1) is 11.8 Å². The molecule has 0 radical (unpaired) electrons. The fraction of sp³-hybridized carbons (Fsp3) is 0.563. The summed E-state index contributed by atoms with van der Waals surface area (Å²) in [4.78, 5) is 133. The molecule has 4 aromatic rings. The second-order valence-electron chi connectivity index (χ2n) is 28.8. The zero-order valence-corrected chi connectivity index (χ0v) is 78.4. The summed E-state index contributed by atoms with van der Waals surface area (Å²) in [7, 11) is 0. The van der Waals surface area contributed by atoms with E-state index >= 15 is 0 Å². The van der Waals surface area contributed by atoms with Crippen LogP contribution in [0.4, 0.5) is 0 Å². The van der Waals surface area contributed by atoms with Crippen molar-refractivity contribution in [3.8, 4) is 23.0 Å². The van der Waals surface area contributed by atoms with Crippen LogP contribution in [0.5, 0.6) is 23.0 Å². The molecular formula is C87H122O28S8. The molecule has 2 aliphatic rings. The molecule has 5 unspecified atom stereocenters. The van der Waals surface area contributed by atoms with Gasteiger partial charge in [0.2, 0.25) is 0 Å². The number of thioether (sulfide) groups is 5. The van der Waals surface area contributed by atoms with Gasteiger partial charge in [0.05, 0.1) is 88.1 Å². The average Bonchev–Trinajstić information content (AvgIpc) is 1.58. The summed E-state index contributed by atoms with van der Waals surface area (Å²) in [6, 6.07) is 32.4. The van der Waals surface area contributed by atoms with Gasteiger partial charge in [-0.25, -0.2) is 38.7 Å². The molecule has 0 aliphatic carbocycles. The Hall–Kier alpha value is -7.10. The van der Waals surface area contributed by atoms with Gasteiger partial charge in [0.25, 0.3) is 0 Å². The highest BCUT2D eigenvalue weighted by Gasteiger charge is 2.37. The number of benzene rings is 4. The van der Waals surface area contributed by atoms with Crippen molar-refractivity contribution in [2.45, 2.75) is 147 Å². The number of hydrogen-bond acceptors (Lipinski definition) is 36. The van der Waals surface area contributed by atoms with Crippen molar-refractivity contribution in [2.24, 2.45) is 10.8 Å². The van der Waals surface area contributed by atoms with Crippen molar-refractivity contribution in [1.29, 1.82) is 0 Å². The van der Waals surface area contributed by atoms with Crippen molar-refractivity contribution in [1.82, 2.24) is 0 Å². The average molecular weight is 1870 g/mol. The van der Waals surface area contributed by atoms with Gasteiger partial charge in [-0.1, -0.05) is 103 Å². The highest BCUT2D eigenvalue weighted by Crippen LogP contribution is 2.36. The van der Waals surface area contributed by atoms with Crippen molar-refractivity contribution in [2.75, 3.05) is 150 Å². The maximum absolute atomic E-state index is 12.8. The zero-order chi connectivity index (χ0) is 90.9. The maximum Gasteiger partial charge on any atom is 0.378 e. The van der Waals surface area contributed by atoms with Gasteiger partial charge in [0.15, 0.2) is 0 Å². The van der Waals surface area contributed by atoms with E-state index in [1.165, 1.54) is 58.2 Å². The largest absolute Gasteiger partial charge is 0.493 e. The summed E-state index contributed by atoms with van der Waals surface area (Å²) >= 11 is 19.0. The van der Waals surface area contributed by atoms with Crippen LogP contribution in [0, 0.1) is 10.8 Å². The molecule has 2 fully saturated rings. The Bertz CT molecular complexity index is 3640. The van der Waals surface area contributed by atoms with Crippen LogP contribution in [0.2, 0.25) is 0 Å². The molecule has 2 N–H and O–H groups in total. The molecule has 6 rings (SSSR count). The highest BCUT2D eigenvalue weighted by atomic mass is 32.2. The predicted octanol–water partition coefficient (Wildman–Crippen LogP) is 13.3. The normalized spacial score (nSPS) is 14.0. The molecule has 4 aromatic carbocycles. The quantitative estimate of drug-likeness (QED) is 0.00315. The summed E-state index contributed by atoms with van der Waals surface area (Å²) in [5.74, 6) is 1.50. The van der Waals surface area contributed by atoms with Gasteiger partial charge >= 0.3 is 59.7 Å².